The van der Waals surface area contributed by atoms with Crippen LogP contribution in [0.2, 0.25) is 0 Å². The Balaban J connectivity index is 1.38. The molecule has 2 N–H and O–H groups in total. The predicted octanol–water partition coefficient (Wildman–Crippen LogP) is 4.42. The zero-order chi connectivity index (χ0) is 24.3. The number of anilines is 1. The van der Waals surface area contributed by atoms with Gasteiger partial charge in [0.1, 0.15) is 22.4 Å². The lowest BCUT2D eigenvalue weighted by Crippen LogP contribution is -2.52. The van der Waals surface area contributed by atoms with Gasteiger partial charge in [-0.2, -0.15) is 5.10 Å². The lowest BCUT2D eigenvalue weighted by molar-refractivity contribution is -0.113. The van der Waals surface area contributed by atoms with Gasteiger partial charge in [-0.3, -0.25) is 15.5 Å². The molecule has 2 aliphatic rings. The molecule has 0 spiro atoms. The fourth-order valence-corrected chi connectivity index (χ4v) is 5.68. The van der Waals surface area contributed by atoms with E-state index in [2.05, 4.69) is 56.9 Å². The van der Waals surface area contributed by atoms with Crippen LogP contribution in [0.3, 0.4) is 0 Å². The molecule has 0 radical (unpaired) electrons. The Kier molecular flexibility index (Phi) is 6.94. The third kappa shape index (κ3) is 4.95. The molecule has 0 saturated heterocycles. The molecule has 8 nitrogen and oxygen atoms in total. The molecule has 2 unspecified atom stereocenters. The second kappa shape index (κ2) is 9.75. The molecule has 1 aliphatic heterocycles. The molecule has 0 bridgehead atoms. The quantitative estimate of drug-likeness (QED) is 0.552. The molecule has 11 heteroatoms. The molecule has 0 saturated carbocycles. The van der Waals surface area contributed by atoms with Crippen molar-refractivity contribution in [1.29, 1.82) is 0 Å². The van der Waals surface area contributed by atoms with Crippen LogP contribution in [0, 0.1) is 11.2 Å². The van der Waals surface area contributed by atoms with Crippen molar-refractivity contribution in [3.8, 4) is 10.6 Å². The summed E-state index contributed by atoms with van der Waals surface area (Å²) in [6.07, 6.45) is 6.96. The molecule has 4 rings (SSSR count). The van der Waals surface area contributed by atoms with E-state index in [0.717, 1.165) is 30.1 Å². The number of benzene rings is 1. The number of hydrogen-bond donors (Lipinski definition) is 2. The Morgan fingerprint density at radius 2 is 2.09 bits per heavy atom. The number of thioether (sulfide) groups is 1. The molecular weight excluding hydrogens is 475 g/mol. The maximum atomic E-state index is 13.1. The van der Waals surface area contributed by atoms with Crippen LogP contribution in [-0.2, 0) is 9.53 Å². The predicted molar refractivity (Wildman–Crippen MR) is 135 cm³/mol. The summed E-state index contributed by atoms with van der Waals surface area (Å²) in [6, 6.07) is 6.00. The SMILES string of the molecule is CCN1C(C2(C)C=C(OC)C=CC2)=NNC1(C)SCC(=O)Nc1nnc(-c2ccc(F)cc2)s1. The van der Waals surface area contributed by atoms with E-state index >= 15 is 0 Å². The normalized spacial score (nSPS) is 23.9. The van der Waals surface area contributed by atoms with Crippen LogP contribution in [0.25, 0.3) is 10.6 Å². The standard InChI is InChI=1S/C23H27FN6O2S2/c1-5-30-20(22(2)12-6-7-17(13-22)32-4)27-29-23(30,3)33-14-18(31)25-21-28-26-19(34-21)15-8-10-16(24)11-9-15/h6-11,13,29H,5,12,14H2,1-4H3,(H,25,28,31). The van der Waals surface area contributed by atoms with E-state index in [4.69, 9.17) is 4.74 Å². The highest BCUT2D eigenvalue weighted by Crippen LogP contribution is 2.40. The van der Waals surface area contributed by atoms with E-state index in [1.807, 2.05) is 13.0 Å². The van der Waals surface area contributed by atoms with Crippen LogP contribution in [-0.4, -0.2) is 51.2 Å². The summed E-state index contributed by atoms with van der Waals surface area (Å²) in [5.74, 6) is 1.42. The van der Waals surface area contributed by atoms with Crippen LogP contribution >= 0.6 is 23.1 Å². The van der Waals surface area contributed by atoms with Crippen molar-refractivity contribution in [3.05, 3.63) is 54.1 Å². The Bertz CT molecular complexity index is 1150. The van der Waals surface area contributed by atoms with E-state index < -0.39 is 4.99 Å². The van der Waals surface area contributed by atoms with Crippen molar-refractivity contribution in [2.75, 3.05) is 24.7 Å². The fourth-order valence-electron chi connectivity index (χ4n) is 3.95. The second-order valence-electron chi connectivity index (χ2n) is 8.31. The van der Waals surface area contributed by atoms with Crippen molar-refractivity contribution in [1.82, 2.24) is 20.5 Å². The molecule has 0 fully saturated rings. The molecule has 1 aromatic heterocycles. The number of carbonyl (C=O) groups is 1. The van der Waals surface area contributed by atoms with E-state index in [1.165, 1.54) is 35.2 Å². The number of hydrogen-bond acceptors (Lipinski definition) is 9. The van der Waals surface area contributed by atoms with Crippen LogP contribution in [0.5, 0.6) is 0 Å². The van der Waals surface area contributed by atoms with Gasteiger partial charge in [-0.05, 0) is 63.6 Å². The van der Waals surface area contributed by atoms with E-state index in [-0.39, 0.29) is 22.9 Å². The van der Waals surface area contributed by atoms with Crippen LogP contribution in [0.1, 0.15) is 27.2 Å². The molecule has 2 atom stereocenters. The second-order valence-corrected chi connectivity index (χ2v) is 10.7. The molecule has 180 valence electrons. The van der Waals surface area contributed by atoms with Gasteiger partial charge in [-0.25, -0.2) is 4.39 Å². The number of allylic oxidation sites excluding steroid dienone is 2. The van der Waals surface area contributed by atoms with E-state index in [9.17, 15) is 9.18 Å². The van der Waals surface area contributed by atoms with Gasteiger partial charge in [-0.1, -0.05) is 17.4 Å². The first kappa shape index (κ1) is 24.2. The fraction of sp³-hybridized carbons (Fsp3) is 0.391. The number of halogens is 1. The molecular formula is C23H27FN6O2S2. The van der Waals surface area contributed by atoms with Crippen molar-refractivity contribution in [3.63, 3.8) is 0 Å². The number of carbonyl (C=O) groups excluding carboxylic acids is 1. The molecule has 1 aliphatic carbocycles. The Morgan fingerprint density at radius 1 is 1.32 bits per heavy atom. The summed E-state index contributed by atoms with van der Waals surface area (Å²) in [4.78, 5) is 14.3. The van der Waals surface area contributed by atoms with Crippen LogP contribution < -0.4 is 10.7 Å². The van der Waals surface area contributed by atoms with Gasteiger partial charge in [-0.15, -0.1) is 22.0 Å². The highest BCUT2D eigenvalue weighted by atomic mass is 32.2. The largest absolute Gasteiger partial charge is 0.497 e. The Labute approximate surface area is 206 Å². The monoisotopic (exact) mass is 502 g/mol. The maximum Gasteiger partial charge on any atom is 0.236 e. The summed E-state index contributed by atoms with van der Waals surface area (Å²) >= 11 is 2.70. The molecule has 1 aromatic carbocycles. The number of amides is 1. The first-order chi connectivity index (χ1) is 16.3. The zero-order valence-corrected chi connectivity index (χ0v) is 21.1. The smallest absolute Gasteiger partial charge is 0.236 e. The Hall–Kier alpha value is -2.92. The maximum absolute atomic E-state index is 13.1. The summed E-state index contributed by atoms with van der Waals surface area (Å²) < 4.78 is 18.6. The first-order valence-electron chi connectivity index (χ1n) is 10.9. The number of methoxy groups -OCH3 is 1. The van der Waals surface area contributed by atoms with Crippen molar-refractivity contribution in [2.45, 2.75) is 32.2 Å². The number of hydrazone groups is 1. The summed E-state index contributed by atoms with van der Waals surface area (Å²) in [5.41, 5.74) is 3.67. The molecule has 2 heterocycles. The lowest BCUT2D eigenvalue weighted by Gasteiger charge is -2.40. The van der Waals surface area contributed by atoms with E-state index in [0.29, 0.717) is 10.1 Å². The minimum atomic E-state index is -0.576. The van der Waals surface area contributed by atoms with Crippen LogP contribution in [0.15, 0.2) is 53.4 Å². The minimum Gasteiger partial charge on any atom is -0.497 e. The van der Waals surface area contributed by atoms with Gasteiger partial charge in [0, 0.05) is 12.1 Å². The average molecular weight is 503 g/mol. The molecule has 2 aromatic rings. The van der Waals surface area contributed by atoms with E-state index in [1.54, 1.807) is 19.2 Å². The van der Waals surface area contributed by atoms with Crippen molar-refractivity contribution >= 4 is 40.0 Å². The van der Waals surface area contributed by atoms with Crippen molar-refractivity contribution < 1.29 is 13.9 Å². The van der Waals surface area contributed by atoms with Gasteiger partial charge in [0.2, 0.25) is 11.0 Å². The minimum absolute atomic E-state index is 0.187. The van der Waals surface area contributed by atoms with Crippen LogP contribution in [0.4, 0.5) is 9.52 Å². The zero-order valence-electron chi connectivity index (χ0n) is 19.5. The summed E-state index contributed by atoms with van der Waals surface area (Å²) in [7, 11) is 1.66. The number of nitrogens with zero attached hydrogens (tertiary/aromatic N) is 4. The third-order valence-electron chi connectivity index (χ3n) is 5.73. The first-order valence-corrected chi connectivity index (χ1v) is 12.7. The molecule has 1 amide bonds. The number of nitrogens with one attached hydrogen (secondary N) is 2. The average Bonchev–Trinajstić information content (AvgIpc) is 3.43. The Morgan fingerprint density at radius 3 is 2.79 bits per heavy atom. The topological polar surface area (TPSA) is 91.7 Å². The van der Waals surface area contributed by atoms with Gasteiger partial charge < -0.3 is 9.64 Å². The summed E-state index contributed by atoms with van der Waals surface area (Å²) in [5, 5.41) is 16.6. The lowest BCUT2D eigenvalue weighted by atomic mass is 9.81. The number of rotatable bonds is 8. The number of aromatic nitrogens is 2. The summed E-state index contributed by atoms with van der Waals surface area (Å²) in [6.45, 7) is 6.95. The third-order valence-corrected chi connectivity index (χ3v) is 7.90. The van der Waals surface area contributed by atoms with Crippen molar-refractivity contribution in [2.24, 2.45) is 10.5 Å². The van der Waals surface area contributed by atoms with Gasteiger partial charge in [0.05, 0.1) is 18.3 Å². The number of amidine groups is 1. The number of ether oxygens (including phenoxy) is 1. The highest BCUT2D eigenvalue weighted by molar-refractivity contribution is 8.01. The van der Waals surface area contributed by atoms with Gasteiger partial charge in [0.15, 0.2) is 4.99 Å². The van der Waals surface area contributed by atoms with Gasteiger partial charge in [0.25, 0.3) is 0 Å². The van der Waals surface area contributed by atoms with Gasteiger partial charge >= 0.3 is 0 Å². The highest BCUT2D eigenvalue weighted by Gasteiger charge is 2.45. The molecule has 34 heavy (non-hydrogen) atoms.